The van der Waals surface area contributed by atoms with Crippen LogP contribution in [0.5, 0.6) is 0 Å². The van der Waals surface area contributed by atoms with E-state index in [4.69, 9.17) is 4.98 Å². The standard InChI is InChI=1S/C28H30N6O2/c1-19-10-11-20(2)24(17-19)32-28(36)30-22-12-15-33(16-13-22)26-27(35)34(18-21-7-4-3-5-8-21)25-23(31-26)9-6-14-29-25/h3-11,14,17,22H,12-13,15-16,18H2,1-2H3,(H2,30,32,36). The Morgan fingerprint density at radius 1 is 1.03 bits per heavy atom. The molecule has 5 rings (SSSR count). The Bertz CT molecular complexity index is 1440. The number of carbonyl (C=O) groups is 1. The maximum absolute atomic E-state index is 13.5. The number of nitrogens with one attached hydrogen (secondary N) is 2. The van der Waals surface area contributed by atoms with E-state index in [1.165, 1.54) is 0 Å². The molecule has 0 spiro atoms. The molecule has 0 saturated carbocycles. The van der Waals surface area contributed by atoms with Crippen molar-refractivity contribution in [1.82, 2.24) is 19.9 Å². The highest BCUT2D eigenvalue weighted by Gasteiger charge is 2.25. The highest BCUT2D eigenvalue weighted by atomic mass is 16.2. The van der Waals surface area contributed by atoms with Crippen LogP contribution in [0.25, 0.3) is 11.2 Å². The summed E-state index contributed by atoms with van der Waals surface area (Å²) in [5, 5.41) is 6.05. The number of aromatic nitrogens is 3. The summed E-state index contributed by atoms with van der Waals surface area (Å²) in [4.78, 5) is 37.3. The molecule has 2 amide bonds. The molecule has 1 fully saturated rings. The van der Waals surface area contributed by atoms with Gasteiger partial charge in [-0.2, -0.15) is 0 Å². The summed E-state index contributed by atoms with van der Waals surface area (Å²) in [5.74, 6) is 0.435. The number of hydrogen-bond acceptors (Lipinski definition) is 5. The first-order valence-electron chi connectivity index (χ1n) is 12.3. The van der Waals surface area contributed by atoms with Crippen LogP contribution in [0.3, 0.4) is 0 Å². The van der Waals surface area contributed by atoms with E-state index in [2.05, 4.69) is 15.6 Å². The van der Waals surface area contributed by atoms with Gasteiger partial charge < -0.3 is 15.5 Å². The van der Waals surface area contributed by atoms with Gasteiger partial charge in [0.25, 0.3) is 5.56 Å². The molecular formula is C28H30N6O2. The molecule has 1 aliphatic heterocycles. The predicted molar refractivity (Wildman–Crippen MR) is 143 cm³/mol. The average molecular weight is 483 g/mol. The second kappa shape index (κ2) is 10.2. The van der Waals surface area contributed by atoms with Gasteiger partial charge in [-0.15, -0.1) is 0 Å². The number of pyridine rings is 1. The van der Waals surface area contributed by atoms with Crippen molar-refractivity contribution in [3.63, 3.8) is 0 Å². The number of anilines is 2. The third-order valence-electron chi connectivity index (χ3n) is 6.64. The van der Waals surface area contributed by atoms with Gasteiger partial charge in [-0.3, -0.25) is 9.36 Å². The third-order valence-corrected chi connectivity index (χ3v) is 6.64. The molecule has 1 saturated heterocycles. The first-order chi connectivity index (χ1) is 17.5. The van der Waals surface area contributed by atoms with E-state index in [9.17, 15) is 9.59 Å². The van der Waals surface area contributed by atoms with Crippen molar-refractivity contribution < 1.29 is 4.79 Å². The van der Waals surface area contributed by atoms with Crippen LogP contribution < -0.4 is 21.1 Å². The Hall–Kier alpha value is -4.20. The van der Waals surface area contributed by atoms with Crippen LogP contribution in [0.1, 0.15) is 29.5 Å². The monoisotopic (exact) mass is 482 g/mol. The van der Waals surface area contributed by atoms with E-state index in [1.807, 2.05) is 79.4 Å². The predicted octanol–water partition coefficient (Wildman–Crippen LogP) is 4.25. The van der Waals surface area contributed by atoms with Crippen molar-refractivity contribution in [2.45, 2.75) is 39.3 Å². The number of aryl methyl sites for hydroxylation is 2. The number of piperidine rings is 1. The van der Waals surface area contributed by atoms with Crippen molar-refractivity contribution in [3.8, 4) is 0 Å². The summed E-state index contributed by atoms with van der Waals surface area (Å²) >= 11 is 0. The molecule has 1 aliphatic rings. The van der Waals surface area contributed by atoms with Gasteiger partial charge in [-0.25, -0.2) is 14.8 Å². The van der Waals surface area contributed by atoms with Crippen LogP contribution in [0.15, 0.2) is 71.7 Å². The van der Waals surface area contributed by atoms with E-state index in [0.29, 0.717) is 36.6 Å². The maximum atomic E-state index is 13.5. The van der Waals surface area contributed by atoms with E-state index < -0.39 is 0 Å². The normalized spacial score (nSPS) is 14.1. The molecule has 2 N–H and O–H groups in total. The molecule has 8 nitrogen and oxygen atoms in total. The number of rotatable bonds is 5. The molecule has 0 bridgehead atoms. The lowest BCUT2D eigenvalue weighted by molar-refractivity contribution is 0.246. The van der Waals surface area contributed by atoms with Gasteiger partial charge in [-0.05, 0) is 61.6 Å². The van der Waals surface area contributed by atoms with Crippen LogP contribution in [0, 0.1) is 13.8 Å². The summed E-state index contributed by atoms with van der Waals surface area (Å²) in [6, 6.07) is 19.4. The van der Waals surface area contributed by atoms with E-state index >= 15 is 0 Å². The smallest absolute Gasteiger partial charge is 0.319 e. The Labute approximate surface area is 210 Å². The fourth-order valence-corrected chi connectivity index (χ4v) is 4.63. The first kappa shape index (κ1) is 23.5. The Balaban J connectivity index is 1.30. The number of urea groups is 1. The topological polar surface area (TPSA) is 92.2 Å². The Morgan fingerprint density at radius 3 is 2.58 bits per heavy atom. The minimum Gasteiger partial charge on any atom is -0.352 e. The Morgan fingerprint density at radius 2 is 1.81 bits per heavy atom. The zero-order chi connectivity index (χ0) is 25.1. The fourth-order valence-electron chi connectivity index (χ4n) is 4.63. The van der Waals surface area contributed by atoms with Gasteiger partial charge >= 0.3 is 6.03 Å². The molecule has 0 atom stereocenters. The molecule has 4 aromatic rings. The molecule has 36 heavy (non-hydrogen) atoms. The van der Waals surface area contributed by atoms with Crippen molar-refractivity contribution in [1.29, 1.82) is 0 Å². The molecule has 0 unspecified atom stereocenters. The third kappa shape index (κ3) is 5.07. The van der Waals surface area contributed by atoms with Crippen LogP contribution >= 0.6 is 0 Å². The van der Waals surface area contributed by atoms with Crippen LogP contribution in [-0.4, -0.2) is 39.7 Å². The summed E-state index contributed by atoms with van der Waals surface area (Å²) in [6.45, 7) is 5.67. The molecule has 3 heterocycles. The first-order valence-corrected chi connectivity index (χ1v) is 12.3. The zero-order valence-corrected chi connectivity index (χ0v) is 20.6. The van der Waals surface area contributed by atoms with Crippen LogP contribution in [-0.2, 0) is 6.54 Å². The minimum absolute atomic E-state index is 0.0278. The van der Waals surface area contributed by atoms with Gasteiger partial charge in [0.1, 0.15) is 5.52 Å². The molecule has 0 aliphatic carbocycles. The molecule has 0 radical (unpaired) electrons. The quantitative estimate of drug-likeness (QED) is 0.444. The lowest BCUT2D eigenvalue weighted by atomic mass is 10.1. The second-order valence-corrected chi connectivity index (χ2v) is 9.34. The number of amides is 2. The summed E-state index contributed by atoms with van der Waals surface area (Å²) in [5.41, 5.74) is 5.09. The largest absolute Gasteiger partial charge is 0.352 e. The van der Waals surface area contributed by atoms with Gasteiger partial charge in [0.05, 0.1) is 6.54 Å². The van der Waals surface area contributed by atoms with E-state index in [1.54, 1.807) is 10.8 Å². The highest BCUT2D eigenvalue weighted by Crippen LogP contribution is 2.20. The van der Waals surface area contributed by atoms with Gasteiger partial charge in [0.2, 0.25) is 0 Å². The van der Waals surface area contributed by atoms with Crippen molar-refractivity contribution in [2.75, 3.05) is 23.3 Å². The SMILES string of the molecule is Cc1ccc(C)c(NC(=O)NC2CCN(c3nc4cccnc4n(Cc4ccccc4)c3=O)CC2)c1. The number of fused-ring (bicyclic) bond motifs is 1. The average Bonchev–Trinajstić information content (AvgIpc) is 2.89. The van der Waals surface area contributed by atoms with Gasteiger partial charge in [0.15, 0.2) is 11.5 Å². The second-order valence-electron chi connectivity index (χ2n) is 9.34. The molecule has 2 aromatic carbocycles. The molecule has 184 valence electrons. The highest BCUT2D eigenvalue weighted by molar-refractivity contribution is 5.90. The van der Waals surface area contributed by atoms with Gasteiger partial charge in [-0.1, -0.05) is 42.5 Å². The Kier molecular flexibility index (Phi) is 6.66. The number of nitrogens with zero attached hydrogens (tertiary/aromatic N) is 4. The van der Waals surface area contributed by atoms with E-state index in [0.717, 1.165) is 35.2 Å². The van der Waals surface area contributed by atoms with Crippen LogP contribution in [0.2, 0.25) is 0 Å². The number of carbonyl (C=O) groups excluding carboxylic acids is 1. The van der Waals surface area contributed by atoms with Crippen LogP contribution in [0.4, 0.5) is 16.3 Å². The number of benzene rings is 2. The molecule has 8 heteroatoms. The fraction of sp³-hybridized carbons (Fsp3) is 0.286. The lowest BCUT2D eigenvalue weighted by Crippen LogP contribution is -2.47. The summed E-state index contributed by atoms with van der Waals surface area (Å²) in [7, 11) is 0. The maximum Gasteiger partial charge on any atom is 0.319 e. The summed E-state index contributed by atoms with van der Waals surface area (Å²) < 4.78 is 1.70. The minimum atomic E-state index is -0.206. The molecule has 2 aromatic heterocycles. The molecular weight excluding hydrogens is 452 g/mol. The van der Waals surface area contributed by atoms with Crippen molar-refractivity contribution in [3.05, 3.63) is 93.9 Å². The zero-order valence-electron chi connectivity index (χ0n) is 20.6. The van der Waals surface area contributed by atoms with Gasteiger partial charge in [0, 0.05) is 31.0 Å². The number of hydrogen-bond donors (Lipinski definition) is 2. The van der Waals surface area contributed by atoms with Crippen molar-refractivity contribution in [2.24, 2.45) is 0 Å². The lowest BCUT2D eigenvalue weighted by Gasteiger charge is -2.33. The van der Waals surface area contributed by atoms with E-state index in [-0.39, 0.29) is 17.6 Å². The summed E-state index contributed by atoms with van der Waals surface area (Å²) in [6.07, 6.45) is 3.14. The van der Waals surface area contributed by atoms with Crippen molar-refractivity contribution >= 4 is 28.7 Å².